The molecule has 4 nitrogen and oxygen atoms in total. The van der Waals surface area contributed by atoms with Crippen LogP contribution in [-0.4, -0.2) is 29.7 Å². The SMILES string of the molecule is CC[C@@H](CO)NC(=O)c1ccc(C2CCCC(NC(C)c3cccc4ccccc34)C2)cc1. The van der Waals surface area contributed by atoms with E-state index in [0.29, 0.717) is 30.0 Å². The number of carbonyl (C=O) groups is 1. The third kappa shape index (κ3) is 5.63. The molecule has 0 heterocycles. The van der Waals surface area contributed by atoms with Gasteiger partial charge in [-0.1, -0.05) is 67.9 Å². The molecular weight excluding hydrogens is 408 g/mol. The van der Waals surface area contributed by atoms with Crippen LogP contribution in [0.2, 0.25) is 0 Å². The molecule has 1 fully saturated rings. The van der Waals surface area contributed by atoms with Crippen molar-refractivity contribution in [1.29, 1.82) is 0 Å². The van der Waals surface area contributed by atoms with Crippen molar-refractivity contribution < 1.29 is 9.90 Å². The van der Waals surface area contributed by atoms with Crippen LogP contribution in [0, 0.1) is 0 Å². The molecule has 4 heteroatoms. The molecule has 4 atom stereocenters. The molecule has 3 aromatic carbocycles. The molecule has 0 radical (unpaired) electrons. The molecule has 3 aromatic rings. The van der Waals surface area contributed by atoms with Gasteiger partial charge in [0.25, 0.3) is 5.91 Å². The first kappa shape index (κ1) is 23.5. The third-order valence-electron chi connectivity index (χ3n) is 7.14. The molecule has 1 aliphatic rings. The number of aliphatic hydroxyl groups excluding tert-OH is 1. The lowest BCUT2D eigenvalue weighted by atomic mass is 9.80. The number of hydrogen-bond donors (Lipinski definition) is 3. The minimum atomic E-state index is -0.189. The van der Waals surface area contributed by atoms with Gasteiger partial charge in [-0.3, -0.25) is 4.79 Å². The lowest BCUT2D eigenvalue weighted by molar-refractivity contribution is 0.0915. The summed E-state index contributed by atoms with van der Waals surface area (Å²) in [5.41, 5.74) is 3.32. The van der Waals surface area contributed by atoms with E-state index >= 15 is 0 Å². The van der Waals surface area contributed by atoms with Gasteiger partial charge in [-0.05, 0) is 72.6 Å². The van der Waals surface area contributed by atoms with Gasteiger partial charge in [0.1, 0.15) is 0 Å². The molecule has 4 rings (SSSR count). The fraction of sp³-hybridized carbons (Fsp3) is 0.414. The molecule has 33 heavy (non-hydrogen) atoms. The summed E-state index contributed by atoms with van der Waals surface area (Å²) in [6, 6.07) is 23.8. The van der Waals surface area contributed by atoms with Crippen molar-refractivity contribution in [3.8, 4) is 0 Å². The number of carbonyl (C=O) groups excluding carboxylic acids is 1. The second kappa shape index (κ2) is 11.0. The zero-order chi connectivity index (χ0) is 23.2. The van der Waals surface area contributed by atoms with E-state index in [1.54, 1.807) is 0 Å². The van der Waals surface area contributed by atoms with E-state index in [0.717, 1.165) is 6.42 Å². The van der Waals surface area contributed by atoms with Crippen LogP contribution in [-0.2, 0) is 0 Å². The molecule has 1 aliphatic carbocycles. The van der Waals surface area contributed by atoms with Crippen LogP contribution >= 0.6 is 0 Å². The first-order chi connectivity index (χ1) is 16.1. The fourth-order valence-electron chi connectivity index (χ4n) is 5.17. The molecule has 0 saturated heterocycles. The number of aliphatic hydroxyl groups is 1. The molecule has 0 aliphatic heterocycles. The van der Waals surface area contributed by atoms with E-state index in [9.17, 15) is 9.90 Å². The molecule has 0 aromatic heterocycles. The van der Waals surface area contributed by atoms with Gasteiger partial charge in [0.15, 0.2) is 0 Å². The van der Waals surface area contributed by atoms with E-state index in [4.69, 9.17) is 0 Å². The number of hydrogen-bond acceptors (Lipinski definition) is 3. The maximum atomic E-state index is 12.4. The molecule has 0 spiro atoms. The second-order valence-electron chi connectivity index (χ2n) is 9.40. The van der Waals surface area contributed by atoms with Gasteiger partial charge in [-0.15, -0.1) is 0 Å². The number of rotatable bonds is 8. The molecule has 1 saturated carbocycles. The van der Waals surface area contributed by atoms with Crippen molar-refractivity contribution >= 4 is 16.7 Å². The fourth-order valence-corrected chi connectivity index (χ4v) is 5.17. The van der Waals surface area contributed by atoms with Gasteiger partial charge < -0.3 is 15.7 Å². The van der Waals surface area contributed by atoms with Gasteiger partial charge in [0.05, 0.1) is 12.6 Å². The first-order valence-corrected chi connectivity index (χ1v) is 12.3. The van der Waals surface area contributed by atoms with Crippen molar-refractivity contribution in [2.75, 3.05) is 6.61 Å². The Balaban J connectivity index is 1.39. The standard InChI is InChI=1S/C29H36N2O2/c1-3-25(19-32)31-29(33)23-16-14-21(15-17-23)24-10-6-11-26(18-24)30-20(2)27-13-7-9-22-8-4-5-12-28(22)27/h4-5,7-9,12-17,20,24-26,30,32H,3,6,10-11,18-19H2,1-2H3,(H,31,33)/t20?,24?,25-,26?/m0/s1. The average Bonchev–Trinajstić information content (AvgIpc) is 2.87. The highest BCUT2D eigenvalue weighted by Crippen LogP contribution is 2.34. The van der Waals surface area contributed by atoms with E-state index in [1.165, 1.54) is 41.2 Å². The summed E-state index contributed by atoms with van der Waals surface area (Å²) in [4.78, 5) is 12.4. The Kier molecular flexibility index (Phi) is 7.79. The van der Waals surface area contributed by atoms with Crippen LogP contribution in [0.5, 0.6) is 0 Å². The molecule has 3 N–H and O–H groups in total. The maximum Gasteiger partial charge on any atom is 0.251 e. The minimum Gasteiger partial charge on any atom is -0.394 e. The topological polar surface area (TPSA) is 61.4 Å². The van der Waals surface area contributed by atoms with Gasteiger partial charge in [-0.2, -0.15) is 0 Å². The Morgan fingerprint density at radius 1 is 1.03 bits per heavy atom. The van der Waals surface area contributed by atoms with Crippen molar-refractivity contribution in [3.05, 3.63) is 83.4 Å². The Bertz CT molecular complexity index is 1050. The van der Waals surface area contributed by atoms with Gasteiger partial charge >= 0.3 is 0 Å². The van der Waals surface area contributed by atoms with Crippen LogP contribution in [0.1, 0.15) is 79.4 Å². The monoisotopic (exact) mass is 444 g/mol. The summed E-state index contributed by atoms with van der Waals surface area (Å²) in [7, 11) is 0. The Morgan fingerprint density at radius 3 is 2.55 bits per heavy atom. The Labute approximate surface area is 197 Å². The minimum absolute atomic E-state index is 0.0337. The third-order valence-corrected chi connectivity index (χ3v) is 7.14. The van der Waals surface area contributed by atoms with Gasteiger partial charge in [0.2, 0.25) is 0 Å². The quantitative estimate of drug-likeness (QED) is 0.417. The second-order valence-corrected chi connectivity index (χ2v) is 9.40. The van der Waals surface area contributed by atoms with Crippen molar-refractivity contribution in [2.45, 2.75) is 70.0 Å². The smallest absolute Gasteiger partial charge is 0.251 e. The maximum absolute atomic E-state index is 12.4. The molecule has 1 amide bonds. The lowest BCUT2D eigenvalue weighted by Crippen LogP contribution is -2.37. The summed E-state index contributed by atoms with van der Waals surface area (Å²) in [5, 5.41) is 18.7. The van der Waals surface area contributed by atoms with Crippen LogP contribution in [0.25, 0.3) is 10.8 Å². The molecule has 0 bridgehead atoms. The number of amides is 1. The van der Waals surface area contributed by atoms with Crippen LogP contribution in [0.15, 0.2) is 66.7 Å². The van der Waals surface area contributed by atoms with Crippen molar-refractivity contribution in [3.63, 3.8) is 0 Å². The van der Waals surface area contributed by atoms with Gasteiger partial charge in [0, 0.05) is 17.6 Å². The highest BCUT2D eigenvalue weighted by Gasteiger charge is 2.25. The van der Waals surface area contributed by atoms with Crippen LogP contribution < -0.4 is 10.6 Å². The van der Waals surface area contributed by atoms with E-state index in [1.807, 2.05) is 19.1 Å². The molecule has 3 unspecified atom stereocenters. The molecular formula is C29H36N2O2. The first-order valence-electron chi connectivity index (χ1n) is 12.3. The summed E-state index contributed by atoms with van der Waals surface area (Å²) in [6.45, 7) is 4.20. The zero-order valence-electron chi connectivity index (χ0n) is 19.8. The van der Waals surface area contributed by atoms with E-state index in [2.05, 4.69) is 72.2 Å². The van der Waals surface area contributed by atoms with Gasteiger partial charge in [-0.25, -0.2) is 0 Å². The Hall–Kier alpha value is -2.69. The van der Waals surface area contributed by atoms with E-state index < -0.39 is 0 Å². The number of benzene rings is 3. The number of nitrogens with one attached hydrogen (secondary N) is 2. The largest absolute Gasteiger partial charge is 0.394 e. The summed E-state index contributed by atoms with van der Waals surface area (Å²) >= 11 is 0. The molecule has 174 valence electrons. The average molecular weight is 445 g/mol. The summed E-state index contributed by atoms with van der Waals surface area (Å²) in [6.07, 6.45) is 5.43. The Morgan fingerprint density at radius 2 is 1.79 bits per heavy atom. The predicted octanol–water partition coefficient (Wildman–Crippen LogP) is 5.72. The normalized spacial score (nSPS) is 20.3. The lowest BCUT2D eigenvalue weighted by Gasteiger charge is -2.32. The number of fused-ring (bicyclic) bond motifs is 1. The van der Waals surface area contributed by atoms with E-state index in [-0.39, 0.29) is 18.6 Å². The highest BCUT2D eigenvalue weighted by atomic mass is 16.3. The van der Waals surface area contributed by atoms with Crippen molar-refractivity contribution in [1.82, 2.24) is 10.6 Å². The summed E-state index contributed by atoms with van der Waals surface area (Å²) in [5.74, 6) is 0.392. The van der Waals surface area contributed by atoms with Crippen LogP contribution in [0.4, 0.5) is 0 Å². The van der Waals surface area contributed by atoms with Crippen molar-refractivity contribution in [2.24, 2.45) is 0 Å². The zero-order valence-corrected chi connectivity index (χ0v) is 19.8. The van der Waals surface area contributed by atoms with Crippen LogP contribution in [0.3, 0.4) is 0 Å². The predicted molar refractivity (Wildman–Crippen MR) is 136 cm³/mol. The highest BCUT2D eigenvalue weighted by molar-refractivity contribution is 5.94. The summed E-state index contributed by atoms with van der Waals surface area (Å²) < 4.78 is 0.